The molecule has 0 saturated carbocycles. The Morgan fingerprint density at radius 1 is 0.457 bits per heavy atom. The van der Waals surface area contributed by atoms with Gasteiger partial charge in [-0.05, 0) is 48.5 Å². The molecule has 2 rings (SSSR count). The van der Waals surface area contributed by atoms with E-state index in [9.17, 15) is 38.4 Å². The van der Waals surface area contributed by atoms with E-state index in [2.05, 4.69) is 0 Å². The van der Waals surface area contributed by atoms with Crippen LogP contribution in [0.15, 0.2) is 48.5 Å². The first-order valence-corrected chi connectivity index (χ1v) is 13.0. The molecule has 18 heteroatoms. The highest BCUT2D eigenvalue weighted by Crippen LogP contribution is 2.17. The number of aliphatic carboxylic acids is 4. The summed E-state index contributed by atoms with van der Waals surface area (Å²) in [6.07, 6.45) is 0. The third-order valence-corrected chi connectivity index (χ3v) is 5.49. The normalized spacial score (nSPS) is 10.2. The van der Waals surface area contributed by atoms with E-state index in [1.807, 2.05) is 0 Å². The number of carbonyl (C=O) groups excluding carboxylic acids is 4. The van der Waals surface area contributed by atoms with Crippen LogP contribution in [0.5, 0.6) is 0 Å². The van der Waals surface area contributed by atoms with E-state index in [4.69, 9.17) is 39.4 Å². The largest absolute Gasteiger partial charge is 0.480 e. The molecule has 0 bridgehead atoms. The molecule has 0 aliphatic carbocycles. The van der Waals surface area contributed by atoms with Gasteiger partial charge in [0.05, 0.1) is 11.1 Å². The highest BCUT2D eigenvalue weighted by Gasteiger charge is 2.18. The van der Waals surface area contributed by atoms with Gasteiger partial charge in [-0.25, -0.2) is 19.2 Å². The van der Waals surface area contributed by atoms with E-state index in [0.717, 1.165) is 9.80 Å². The third kappa shape index (κ3) is 13.0. The fraction of sp³-hybridized carbons (Fsp3) is 0.286. The zero-order valence-electron chi connectivity index (χ0n) is 23.9. The summed E-state index contributed by atoms with van der Waals surface area (Å²) in [7, 11) is 0. The van der Waals surface area contributed by atoms with Gasteiger partial charge < -0.3 is 49.2 Å². The molecule has 4 N–H and O–H groups in total. The Kier molecular flexibility index (Phi) is 13.9. The molecule has 0 aromatic heterocycles. The lowest BCUT2D eigenvalue weighted by molar-refractivity contribution is -0.155. The molecule has 46 heavy (non-hydrogen) atoms. The number of rotatable bonds is 19. The minimum atomic E-state index is -1.26. The first-order valence-electron chi connectivity index (χ1n) is 13.0. The number of benzene rings is 2. The van der Waals surface area contributed by atoms with Gasteiger partial charge in [-0.15, -0.1) is 0 Å². The van der Waals surface area contributed by atoms with Crippen molar-refractivity contribution >= 4 is 59.1 Å². The SMILES string of the molecule is O=C(O)CN(CC(=O)O)c1ccc(C(=O)OCC(=O)OCCOC(=O)COC(=O)c2ccc(N(CC(=O)O)CC(=O)O)cc2)cc1. The van der Waals surface area contributed by atoms with Crippen LogP contribution in [0.25, 0.3) is 0 Å². The fourth-order valence-corrected chi connectivity index (χ4v) is 3.56. The second kappa shape index (κ2) is 17.8. The maximum atomic E-state index is 12.2. The van der Waals surface area contributed by atoms with E-state index >= 15 is 0 Å². The zero-order valence-corrected chi connectivity index (χ0v) is 23.9. The molecule has 0 fully saturated rings. The van der Waals surface area contributed by atoms with Crippen LogP contribution in [-0.4, -0.2) is 121 Å². The number of carboxylic acid groups (broad SMARTS) is 4. The number of hydrogen-bond donors (Lipinski definition) is 4. The van der Waals surface area contributed by atoms with Gasteiger partial charge in [-0.1, -0.05) is 0 Å². The van der Waals surface area contributed by atoms with Crippen LogP contribution in [0, 0.1) is 0 Å². The van der Waals surface area contributed by atoms with Gasteiger partial charge in [0.1, 0.15) is 39.4 Å². The predicted molar refractivity (Wildman–Crippen MR) is 150 cm³/mol. The molecule has 0 spiro atoms. The number of anilines is 2. The fourth-order valence-electron chi connectivity index (χ4n) is 3.56. The van der Waals surface area contributed by atoms with Crippen molar-refractivity contribution in [2.45, 2.75) is 0 Å². The van der Waals surface area contributed by atoms with Crippen LogP contribution in [0.1, 0.15) is 20.7 Å². The second-order valence-electron chi connectivity index (χ2n) is 8.97. The highest BCUT2D eigenvalue weighted by molar-refractivity contribution is 5.92. The summed E-state index contributed by atoms with van der Waals surface area (Å²) in [4.78, 5) is 94.0. The molecule has 0 atom stereocenters. The number of carboxylic acids is 4. The summed E-state index contributed by atoms with van der Waals surface area (Å²) in [6.45, 7) is -4.78. The van der Waals surface area contributed by atoms with E-state index in [1.165, 1.54) is 48.5 Å². The van der Waals surface area contributed by atoms with Crippen molar-refractivity contribution in [3.8, 4) is 0 Å². The van der Waals surface area contributed by atoms with Gasteiger partial charge in [0.25, 0.3) is 0 Å². The summed E-state index contributed by atoms with van der Waals surface area (Å²) in [5.41, 5.74) is 0.416. The van der Waals surface area contributed by atoms with Gasteiger partial charge in [0, 0.05) is 11.4 Å². The molecule has 2 aromatic rings. The Bertz CT molecular complexity index is 1300. The predicted octanol–water partition coefficient (Wildman–Crippen LogP) is -0.262. The molecule has 2 aromatic carbocycles. The van der Waals surface area contributed by atoms with E-state index in [0.29, 0.717) is 0 Å². The van der Waals surface area contributed by atoms with Gasteiger partial charge in [-0.3, -0.25) is 19.2 Å². The van der Waals surface area contributed by atoms with Crippen molar-refractivity contribution < 1.29 is 77.7 Å². The smallest absolute Gasteiger partial charge is 0.344 e. The molecule has 246 valence electrons. The average Bonchev–Trinajstić information content (AvgIpc) is 2.99. The Morgan fingerprint density at radius 3 is 1.00 bits per heavy atom. The van der Waals surface area contributed by atoms with Crippen LogP contribution in [0.4, 0.5) is 11.4 Å². The van der Waals surface area contributed by atoms with Crippen molar-refractivity contribution in [3.63, 3.8) is 0 Å². The Labute approximate surface area is 259 Å². The molecule has 0 radical (unpaired) electrons. The van der Waals surface area contributed by atoms with Crippen molar-refractivity contribution in [2.75, 3.05) is 62.4 Å². The van der Waals surface area contributed by atoms with Crippen molar-refractivity contribution in [1.29, 1.82) is 0 Å². The third-order valence-electron chi connectivity index (χ3n) is 5.49. The van der Waals surface area contributed by atoms with Crippen LogP contribution in [0.3, 0.4) is 0 Å². The lowest BCUT2D eigenvalue weighted by atomic mass is 10.2. The first kappa shape index (κ1) is 36.0. The number of ether oxygens (including phenoxy) is 4. The average molecular weight is 649 g/mol. The second-order valence-corrected chi connectivity index (χ2v) is 8.97. The summed E-state index contributed by atoms with van der Waals surface area (Å²) in [5, 5.41) is 35.8. The number of hydrogen-bond acceptors (Lipinski definition) is 14. The summed E-state index contributed by atoms with van der Waals surface area (Å²) >= 11 is 0. The molecule has 18 nitrogen and oxygen atoms in total. The van der Waals surface area contributed by atoms with E-state index in [1.54, 1.807) is 0 Å². The lowest BCUT2D eigenvalue weighted by Crippen LogP contribution is -2.34. The van der Waals surface area contributed by atoms with E-state index in [-0.39, 0.29) is 22.5 Å². The lowest BCUT2D eigenvalue weighted by Gasteiger charge is -2.20. The van der Waals surface area contributed by atoms with Crippen LogP contribution in [0.2, 0.25) is 0 Å². The molecule has 0 saturated heterocycles. The zero-order chi connectivity index (χ0) is 34.2. The summed E-state index contributed by atoms with van der Waals surface area (Å²) < 4.78 is 19.2. The Balaban J connectivity index is 1.70. The van der Waals surface area contributed by atoms with Gasteiger partial charge in [0.15, 0.2) is 13.2 Å². The molecule has 0 amide bonds. The van der Waals surface area contributed by atoms with Gasteiger partial charge in [-0.2, -0.15) is 0 Å². The number of carbonyl (C=O) groups is 8. The maximum absolute atomic E-state index is 12.2. The minimum Gasteiger partial charge on any atom is -0.480 e. The standard InChI is InChI=1S/C28H28N2O16/c31-21(32)11-29(12-22(33)34)19-5-1-17(2-6-19)27(41)45-15-25(39)43-9-10-44-26(40)16-46-28(42)18-3-7-20(8-4-18)30(13-23(35)36)14-24(37)38/h1-8H,9-16H2,(H,31,32)(H,33,34)(H,35,36)(H,37,38). The Hall–Kier alpha value is -6.20. The van der Waals surface area contributed by atoms with Crippen molar-refractivity contribution in [3.05, 3.63) is 59.7 Å². The molecule has 0 heterocycles. The summed E-state index contributed by atoms with van der Waals surface area (Å²) in [5.74, 6) is -8.83. The highest BCUT2D eigenvalue weighted by atomic mass is 16.6. The number of nitrogens with zero attached hydrogens (tertiary/aromatic N) is 2. The topological polar surface area (TPSA) is 261 Å². The molecular formula is C28H28N2O16. The van der Waals surface area contributed by atoms with Crippen LogP contribution < -0.4 is 9.80 Å². The van der Waals surface area contributed by atoms with Crippen molar-refractivity contribution in [1.82, 2.24) is 0 Å². The van der Waals surface area contributed by atoms with Crippen molar-refractivity contribution in [2.24, 2.45) is 0 Å². The molecule has 0 unspecified atom stereocenters. The van der Waals surface area contributed by atoms with Crippen LogP contribution >= 0.6 is 0 Å². The molecular weight excluding hydrogens is 620 g/mol. The summed E-state index contributed by atoms with van der Waals surface area (Å²) in [6, 6.07) is 10.2. The minimum absolute atomic E-state index is 0.0140. The molecule has 0 aliphatic rings. The van der Waals surface area contributed by atoms with Gasteiger partial charge >= 0.3 is 47.8 Å². The van der Waals surface area contributed by atoms with E-state index < -0.39 is 100 Å². The van der Waals surface area contributed by atoms with Gasteiger partial charge in [0.2, 0.25) is 0 Å². The molecule has 0 aliphatic heterocycles. The first-order chi connectivity index (χ1) is 21.7. The van der Waals surface area contributed by atoms with Crippen LogP contribution in [-0.2, 0) is 47.7 Å². The Morgan fingerprint density at radius 2 is 0.739 bits per heavy atom. The maximum Gasteiger partial charge on any atom is 0.344 e. The quantitative estimate of drug-likeness (QED) is 0.0868. The number of esters is 4. The monoisotopic (exact) mass is 648 g/mol.